The van der Waals surface area contributed by atoms with Crippen molar-refractivity contribution < 1.29 is 14.3 Å². The first-order valence-electron chi connectivity index (χ1n) is 9.22. The van der Waals surface area contributed by atoms with Crippen LogP contribution in [0.5, 0.6) is 5.75 Å². The summed E-state index contributed by atoms with van der Waals surface area (Å²) in [5.41, 5.74) is 1.53. The molecular formula is C21H21N3O4. The molecule has 1 aromatic carbocycles. The quantitative estimate of drug-likeness (QED) is 0.710. The molecule has 144 valence electrons. The zero-order chi connectivity index (χ0) is 19.5. The third-order valence-corrected chi connectivity index (χ3v) is 4.80. The number of benzene rings is 1. The second-order valence-corrected chi connectivity index (χ2v) is 6.81. The van der Waals surface area contributed by atoms with Crippen molar-refractivity contribution in [2.45, 2.75) is 31.6 Å². The number of hydrogen-bond donors (Lipinski definition) is 2. The van der Waals surface area contributed by atoms with Gasteiger partial charge < -0.3 is 19.8 Å². The van der Waals surface area contributed by atoms with Crippen molar-refractivity contribution >= 4 is 16.8 Å². The number of ether oxygens (including phenoxy) is 2. The number of H-pyrrole nitrogens is 1. The van der Waals surface area contributed by atoms with E-state index in [0.29, 0.717) is 18.8 Å². The molecule has 1 aliphatic heterocycles. The number of carbonyl (C=O) groups is 1. The third-order valence-electron chi connectivity index (χ3n) is 4.80. The van der Waals surface area contributed by atoms with Crippen LogP contribution in [0.4, 0.5) is 0 Å². The molecule has 1 fully saturated rings. The number of pyridine rings is 2. The Hall–Kier alpha value is -3.19. The zero-order valence-electron chi connectivity index (χ0n) is 15.4. The van der Waals surface area contributed by atoms with E-state index in [-0.39, 0.29) is 23.6 Å². The summed E-state index contributed by atoms with van der Waals surface area (Å²) in [6.07, 6.45) is 2.96. The highest BCUT2D eigenvalue weighted by molar-refractivity contribution is 5.82. The molecule has 3 atom stereocenters. The first kappa shape index (κ1) is 18.2. The number of rotatable bonds is 5. The predicted molar refractivity (Wildman–Crippen MR) is 104 cm³/mol. The molecule has 0 spiro atoms. The third kappa shape index (κ3) is 3.89. The van der Waals surface area contributed by atoms with Crippen molar-refractivity contribution in [2.75, 3.05) is 6.61 Å². The second-order valence-electron chi connectivity index (χ2n) is 6.81. The molecule has 7 nitrogen and oxygen atoms in total. The van der Waals surface area contributed by atoms with Crippen molar-refractivity contribution in [3.05, 3.63) is 70.8 Å². The Morgan fingerprint density at radius 1 is 1.32 bits per heavy atom. The van der Waals surface area contributed by atoms with Crippen LogP contribution >= 0.6 is 0 Å². The van der Waals surface area contributed by atoms with Gasteiger partial charge in [-0.05, 0) is 37.1 Å². The lowest BCUT2D eigenvalue weighted by Gasteiger charge is -2.22. The summed E-state index contributed by atoms with van der Waals surface area (Å²) in [7, 11) is 0. The normalized spacial score (nSPS) is 20.0. The number of amides is 1. The molecule has 0 bridgehead atoms. The summed E-state index contributed by atoms with van der Waals surface area (Å²) >= 11 is 0. The van der Waals surface area contributed by atoms with Gasteiger partial charge in [-0.15, -0.1) is 0 Å². The predicted octanol–water partition coefficient (Wildman–Crippen LogP) is 2.34. The Balaban J connectivity index is 1.41. The highest BCUT2D eigenvalue weighted by Crippen LogP contribution is 2.28. The average molecular weight is 379 g/mol. The van der Waals surface area contributed by atoms with E-state index in [4.69, 9.17) is 9.47 Å². The summed E-state index contributed by atoms with van der Waals surface area (Å²) in [6.45, 7) is 2.24. The number of nitrogens with zero attached hydrogens (tertiary/aromatic N) is 1. The van der Waals surface area contributed by atoms with Crippen LogP contribution in [0, 0.1) is 0 Å². The Kier molecular flexibility index (Phi) is 5.08. The summed E-state index contributed by atoms with van der Waals surface area (Å²) in [4.78, 5) is 30.9. The summed E-state index contributed by atoms with van der Waals surface area (Å²) < 4.78 is 11.5. The SMILES string of the molecule is C[C@H](Oc1cnc2ccccc2c1)C(=O)N[C@@H]1CCO[C@H]1c1ccc(=O)[nH]c1. The van der Waals surface area contributed by atoms with Gasteiger partial charge >= 0.3 is 0 Å². The molecule has 28 heavy (non-hydrogen) atoms. The minimum atomic E-state index is -0.681. The molecule has 0 aliphatic carbocycles. The number of aromatic amines is 1. The average Bonchev–Trinajstić information content (AvgIpc) is 3.16. The molecule has 2 aromatic heterocycles. The highest BCUT2D eigenvalue weighted by atomic mass is 16.5. The van der Waals surface area contributed by atoms with E-state index in [0.717, 1.165) is 16.5 Å². The topological polar surface area (TPSA) is 93.3 Å². The molecule has 3 heterocycles. The van der Waals surface area contributed by atoms with Crippen LogP contribution in [0.3, 0.4) is 0 Å². The van der Waals surface area contributed by atoms with Crippen molar-refractivity contribution in [1.82, 2.24) is 15.3 Å². The Bertz CT molecular complexity index is 1030. The maximum atomic E-state index is 12.6. The molecule has 1 saturated heterocycles. The lowest BCUT2D eigenvalue weighted by atomic mass is 10.0. The summed E-state index contributed by atoms with van der Waals surface area (Å²) in [5, 5.41) is 3.95. The Labute approximate surface area is 161 Å². The van der Waals surface area contributed by atoms with Gasteiger partial charge in [0.15, 0.2) is 6.10 Å². The fourth-order valence-electron chi connectivity index (χ4n) is 3.34. The van der Waals surface area contributed by atoms with E-state index < -0.39 is 6.10 Å². The van der Waals surface area contributed by atoms with E-state index >= 15 is 0 Å². The molecule has 4 rings (SSSR count). The van der Waals surface area contributed by atoms with Gasteiger partial charge in [-0.3, -0.25) is 14.6 Å². The van der Waals surface area contributed by atoms with E-state index in [1.807, 2.05) is 30.3 Å². The minimum absolute atomic E-state index is 0.173. The van der Waals surface area contributed by atoms with Gasteiger partial charge in [0.05, 0.1) is 17.8 Å². The molecule has 7 heteroatoms. The van der Waals surface area contributed by atoms with Gasteiger partial charge in [0.1, 0.15) is 11.9 Å². The second kappa shape index (κ2) is 7.82. The lowest BCUT2D eigenvalue weighted by molar-refractivity contribution is -0.128. The maximum Gasteiger partial charge on any atom is 0.261 e. The van der Waals surface area contributed by atoms with Crippen molar-refractivity contribution in [3.8, 4) is 5.75 Å². The molecule has 1 amide bonds. The minimum Gasteiger partial charge on any atom is -0.479 e. The van der Waals surface area contributed by atoms with Crippen LogP contribution in [0.25, 0.3) is 10.9 Å². The molecular weight excluding hydrogens is 358 g/mol. The van der Waals surface area contributed by atoms with Gasteiger partial charge in [-0.25, -0.2) is 0 Å². The Morgan fingerprint density at radius 3 is 3.00 bits per heavy atom. The van der Waals surface area contributed by atoms with Crippen LogP contribution in [0.15, 0.2) is 59.7 Å². The highest BCUT2D eigenvalue weighted by Gasteiger charge is 2.32. The molecule has 0 unspecified atom stereocenters. The maximum absolute atomic E-state index is 12.6. The van der Waals surface area contributed by atoms with Crippen LogP contribution in [0.2, 0.25) is 0 Å². The molecule has 0 radical (unpaired) electrons. The van der Waals surface area contributed by atoms with Crippen LogP contribution in [-0.2, 0) is 9.53 Å². The first-order chi connectivity index (χ1) is 13.6. The standard InChI is InChI=1S/C21H21N3O4/c1-13(28-16-10-14-4-2-3-5-17(14)22-12-16)21(26)24-18-8-9-27-20(18)15-6-7-19(25)23-11-15/h2-7,10-13,18,20H,8-9H2,1H3,(H,23,25)(H,24,26)/t13-,18+,20-/m0/s1. The van der Waals surface area contributed by atoms with E-state index in [9.17, 15) is 9.59 Å². The fraction of sp³-hybridized carbons (Fsp3) is 0.286. The van der Waals surface area contributed by atoms with E-state index in [2.05, 4.69) is 15.3 Å². The largest absolute Gasteiger partial charge is 0.479 e. The fourth-order valence-corrected chi connectivity index (χ4v) is 3.34. The van der Waals surface area contributed by atoms with Crippen LogP contribution in [0.1, 0.15) is 25.0 Å². The zero-order valence-corrected chi connectivity index (χ0v) is 15.4. The van der Waals surface area contributed by atoms with Crippen molar-refractivity contribution in [1.29, 1.82) is 0 Å². The number of carbonyl (C=O) groups excluding carboxylic acids is 1. The molecule has 3 aromatic rings. The van der Waals surface area contributed by atoms with Gasteiger partial charge in [-0.1, -0.05) is 18.2 Å². The molecule has 2 N–H and O–H groups in total. The van der Waals surface area contributed by atoms with Crippen molar-refractivity contribution in [3.63, 3.8) is 0 Å². The van der Waals surface area contributed by atoms with Crippen LogP contribution < -0.4 is 15.6 Å². The number of nitrogens with one attached hydrogen (secondary N) is 2. The summed E-state index contributed by atoms with van der Waals surface area (Å²) in [6, 6.07) is 12.6. The molecule has 0 saturated carbocycles. The lowest BCUT2D eigenvalue weighted by Crippen LogP contribution is -2.43. The number of para-hydroxylation sites is 1. The van der Waals surface area contributed by atoms with Crippen LogP contribution in [-0.4, -0.2) is 34.6 Å². The van der Waals surface area contributed by atoms with Gasteiger partial charge in [0.2, 0.25) is 5.56 Å². The van der Waals surface area contributed by atoms with Gasteiger partial charge in [-0.2, -0.15) is 0 Å². The molecule has 1 aliphatic rings. The van der Waals surface area contributed by atoms with Crippen molar-refractivity contribution in [2.24, 2.45) is 0 Å². The monoisotopic (exact) mass is 379 g/mol. The summed E-state index contributed by atoms with van der Waals surface area (Å²) in [5.74, 6) is 0.319. The number of fused-ring (bicyclic) bond motifs is 1. The van der Waals surface area contributed by atoms with Gasteiger partial charge in [0.25, 0.3) is 5.91 Å². The number of hydrogen-bond acceptors (Lipinski definition) is 5. The van der Waals surface area contributed by atoms with Gasteiger partial charge in [0, 0.05) is 24.3 Å². The smallest absolute Gasteiger partial charge is 0.261 e. The number of aromatic nitrogens is 2. The first-order valence-corrected chi connectivity index (χ1v) is 9.22. The van der Waals surface area contributed by atoms with E-state index in [1.54, 1.807) is 25.4 Å². The van der Waals surface area contributed by atoms with E-state index in [1.165, 1.54) is 6.07 Å². The Morgan fingerprint density at radius 2 is 2.18 bits per heavy atom.